The Hall–Kier alpha value is -0.930. The summed E-state index contributed by atoms with van der Waals surface area (Å²) in [5.41, 5.74) is 1.13. The zero-order chi connectivity index (χ0) is 11.2. The lowest BCUT2D eigenvalue weighted by Crippen LogP contribution is -2.35. The van der Waals surface area contributed by atoms with Crippen molar-refractivity contribution in [2.45, 2.75) is 31.7 Å². The lowest BCUT2D eigenvalue weighted by Gasteiger charge is -2.18. The number of hydrogen-bond donors (Lipinski definition) is 2. The highest BCUT2D eigenvalue weighted by Crippen LogP contribution is 2.24. The Morgan fingerprint density at radius 2 is 2.31 bits per heavy atom. The van der Waals surface area contributed by atoms with E-state index in [0.29, 0.717) is 18.6 Å². The van der Waals surface area contributed by atoms with Gasteiger partial charge >= 0.3 is 0 Å². The van der Waals surface area contributed by atoms with Gasteiger partial charge in [-0.25, -0.2) is 0 Å². The van der Waals surface area contributed by atoms with Crippen LogP contribution in [0.1, 0.15) is 25.0 Å². The van der Waals surface area contributed by atoms with E-state index in [9.17, 15) is 5.11 Å². The molecule has 0 radical (unpaired) electrons. The molecule has 1 aromatic rings. The van der Waals surface area contributed by atoms with Crippen molar-refractivity contribution in [2.24, 2.45) is 5.92 Å². The minimum Gasteiger partial charge on any atom is -0.396 e. The monoisotopic (exact) mass is 220 g/mol. The molecule has 2 N–H and O–H groups in total. The summed E-state index contributed by atoms with van der Waals surface area (Å²) in [6.07, 6.45) is 6.41. The molecule has 0 bridgehead atoms. The molecule has 0 amide bonds. The fourth-order valence-electron chi connectivity index (χ4n) is 2.46. The summed E-state index contributed by atoms with van der Waals surface area (Å²) >= 11 is 0. The minimum absolute atomic E-state index is 0.321. The molecular weight excluding hydrogens is 200 g/mol. The van der Waals surface area contributed by atoms with Gasteiger partial charge in [0.1, 0.15) is 0 Å². The second-order valence-corrected chi connectivity index (χ2v) is 4.51. The average Bonchev–Trinajstić information content (AvgIpc) is 2.78. The molecular formula is C13H20N2O. The predicted molar refractivity (Wildman–Crippen MR) is 64.2 cm³/mol. The molecule has 1 aliphatic carbocycles. The number of rotatable bonds is 5. The molecule has 1 fully saturated rings. The molecule has 88 valence electrons. The molecule has 1 aliphatic rings. The molecule has 3 nitrogen and oxygen atoms in total. The van der Waals surface area contributed by atoms with E-state index in [1.54, 1.807) is 0 Å². The molecule has 1 heterocycles. The number of pyridine rings is 1. The molecule has 16 heavy (non-hydrogen) atoms. The summed E-state index contributed by atoms with van der Waals surface area (Å²) in [7, 11) is 0. The second-order valence-electron chi connectivity index (χ2n) is 4.51. The molecule has 0 aliphatic heterocycles. The van der Waals surface area contributed by atoms with Crippen LogP contribution >= 0.6 is 0 Å². The third-order valence-corrected chi connectivity index (χ3v) is 3.41. The summed E-state index contributed by atoms with van der Waals surface area (Å²) in [6, 6.07) is 6.53. The Morgan fingerprint density at radius 1 is 1.38 bits per heavy atom. The summed E-state index contributed by atoms with van der Waals surface area (Å²) in [5.74, 6) is 0.462. The Balaban J connectivity index is 1.72. The van der Waals surface area contributed by atoms with Gasteiger partial charge in [-0.05, 0) is 30.9 Å². The highest BCUT2D eigenvalue weighted by molar-refractivity contribution is 5.03. The van der Waals surface area contributed by atoms with E-state index in [-0.39, 0.29) is 0 Å². The van der Waals surface area contributed by atoms with E-state index in [2.05, 4.69) is 16.4 Å². The van der Waals surface area contributed by atoms with Gasteiger partial charge in [0.05, 0.1) is 0 Å². The maximum Gasteiger partial charge on any atom is 0.0474 e. The lowest BCUT2D eigenvalue weighted by atomic mass is 10.1. The van der Waals surface area contributed by atoms with Gasteiger partial charge in [-0.15, -0.1) is 0 Å². The smallest absolute Gasteiger partial charge is 0.0474 e. The van der Waals surface area contributed by atoms with Crippen LogP contribution in [0.5, 0.6) is 0 Å². The summed E-state index contributed by atoms with van der Waals surface area (Å²) in [4.78, 5) is 4.29. The van der Waals surface area contributed by atoms with Crippen LogP contribution < -0.4 is 5.32 Å². The number of hydrogen-bond acceptors (Lipinski definition) is 3. The first-order valence-corrected chi connectivity index (χ1v) is 6.14. The van der Waals surface area contributed by atoms with E-state index < -0.39 is 0 Å². The first-order valence-electron chi connectivity index (χ1n) is 6.14. The molecule has 2 rings (SSSR count). The molecule has 2 unspecified atom stereocenters. The number of aromatic nitrogens is 1. The van der Waals surface area contributed by atoms with Crippen LogP contribution in [0.2, 0.25) is 0 Å². The van der Waals surface area contributed by atoms with Crippen LogP contribution in [-0.2, 0) is 6.42 Å². The molecule has 1 saturated carbocycles. The maximum absolute atomic E-state index is 9.20. The van der Waals surface area contributed by atoms with Crippen LogP contribution in [0.15, 0.2) is 24.4 Å². The van der Waals surface area contributed by atoms with Gasteiger partial charge in [0.15, 0.2) is 0 Å². The van der Waals surface area contributed by atoms with E-state index >= 15 is 0 Å². The Labute approximate surface area is 96.9 Å². The van der Waals surface area contributed by atoms with Crippen LogP contribution in [0.3, 0.4) is 0 Å². The van der Waals surface area contributed by atoms with Crippen molar-refractivity contribution in [3.05, 3.63) is 30.1 Å². The lowest BCUT2D eigenvalue weighted by molar-refractivity contribution is 0.206. The van der Waals surface area contributed by atoms with Crippen molar-refractivity contribution in [1.29, 1.82) is 0 Å². The zero-order valence-corrected chi connectivity index (χ0v) is 9.60. The van der Waals surface area contributed by atoms with Crippen LogP contribution in [0.25, 0.3) is 0 Å². The Kier molecular flexibility index (Phi) is 4.31. The van der Waals surface area contributed by atoms with Gasteiger partial charge < -0.3 is 10.4 Å². The Morgan fingerprint density at radius 3 is 3.06 bits per heavy atom. The zero-order valence-electron chi connectivity index (χ0n) is 9.60. The van der Waals surface area contributed by atoms with Gasteiger partial charge in [-0.1, -0.05) is 12.5 Å². The number of aliphatic hydroxyl groups excluding tert-OH is 1. The van der Waals surface area contributed by atoms with Gasteiger partial charge in [-0.3, -0.25) is 4.98 Å². The fourth-order valence-corrected chi connectivity index (χ4v) is 2.46. The van der Waals surface area contributed by atoms with Crippen molar-refractivity contribution < 1.29 is 5.11 Å². The van der Waals surface area contributed by atoms with Gasteiger partial charge in [0.25, 0.3) is 0 Å². The summed E-state index contributed by atoms with van der Waals surface area (Å²) in [6.45, 7) is 1.28. The van der Waals surface area contributed by atoms with Crippen molar-refractivity contribution >= 4 is 0 Å². The summed E-state index contributed by atoms with van der Waals surface area (Å²) in [5, 5.41) is 12.7. The van der Waals surface area contributed by atoms with Gasteiger partial charge in [-0.2, -0.15) is 0 Å². The maximum atomic E-state index is 9.20. The van der Waals surface area contributed by atoms with Crippen LogP contribution in [0, 0.1) is 5.92 Å². The van der Waals surface area contributed by atoms with Crippen molar-refractivity contribution in [3.8, 4) is 0 Å². The van der Waals surface area contributed by atoms with Crippen molar-refractivity contribution in [3.63, 3.8) is 0 Å². The van der Waals surface area contributed by atoms with Crippen molar-refractivity contribution in [2.75, 3.05) is 13.2 Å². The quantitative estimate of drug-likeness (QED) is 0.788. The molecule has 1 aromatic heterocycles. The third kappa shape index (κ3) is 3.03. The first kappa shape index (κ1) is 11.6. The molecule has 0 saturated heterocycles. The number of aliphatic hydroxyl groups is 1. The standard InChI is InChI=1S/C13H20N2O/c16-10-11-4-3-6-13(11)15-9-7-12-5-1-2-8-14-12/h1-2,5,8,11,13,15-16H,3-4,6-7,9-10H2. The van der Waals surface area contributed by atoms with Crippen LogP contribution in [-0.4, -0.2) is 29.3 Å². The highest BCUT2D eigenvalue weighted by Gasteiger charge is 2.25. The SMILES string of the molecule is OCC1CCCC1NCCc1ccccn1. The van der Waals surface area contributed by atoms with Gasteiger partial charge in [0, 0.05) is 37.5 Å². The van der Waals surface area contributed by atoms with E-state index in [4.69, 9.17) is 0 Å². The normalized spacial score (nSPS) is 24.8. The topological polar surface area (TPSA) is 45.1 Å². The fraction of sp³-hybridized carbons (Fsp3) is 0.615. The van der Waals surface area contributed by atoms with Crippen molar-refractivity contribution in [1.82, 2.24) is 10.3 Å². The van der Waals surface area contributed by atoms with E-state index in [0.717, 1.165) is 25.1 Å². The predicted octanol–water partition coefficient (Wildman–Crippen LogP) is 1.37. The highest BCUT2D eigenvalue weighted by atomic mass is 16.3. The molecule has 2 atom stereocenters. The number of nitrogens with zero attached hydrogens (tertiary/aromatic N) is 1. The minimum atomic E-state index is 0.321. The Bertz CT molecular complexity index is 302. The molecule has 0 spiro atoms. The molecule has 0 aromatic carbocycles. The largest absolute Gasteiger partial charge is 0.396 e. The summed E-state index contributed by atoms with van der Waals surface area (Å²) < 4.78 is 0. The first-order chi connectivity index (χ1) is 7.90. The van der Waals surface area contributed by atoms with E-state index in [1.165, 1.54) is 12.8 Å². The second kappa shape index (κ2) is 5.97. The molecule has 3 heteroatoms. The third-order valence-electron chi connectivity index (χ3n) is 3.41. The van der Waals surface area contributed by atoms with Gasteiger partial charge in [0.2, 0.25) is 0 Å². The van der Waals surface area contributed by atoms with Crippen LogP contribution in [0.4, 0.5) is 0 Å². The van der Waals surface area contributed by atoms with E-state index in [1.807, 2.05) is 18.3 Å². The number of nitrogens with one attached hydrogen (secondary N) is 1. The average molecular weight is 220 g/mol.